The van der Waals surface area contributed by atoms with Crippen molar-refractivity contribution in [2.45, 2.75) is 24.5 Å². The number of benzene rings is 6. The van der Waals surface area contributed by atoms with Gasteiger partial charge in [0.1, 0.15) is 53.7 Å². The molecule has 0 spiro atoms. The SMILES string of the molecule is COc1cc([N+](=O)[O-])c(SOOO)cc1N=Nc1c(SOOO)cc2c(S(=O)(=O)O)cc(N=Nc3ccc4c(O)c(N=Nc5cc(C(=O)O)ccc5C(=O)O)c(S(=O)(=O)O)cc4c3S(=O)(=O)O)c(N)c2c1O. The van der Waals surface area contributed by atoms with Crippen molar-refractivity contribution in [2.75, 3.05) is 12.8 Å². The molecule has 32 nitrogen and oxygen atoms in total. The highest BCUT2D eigenvalue weighted by atomic mass is 32.2. The number of methoxy groups -OCH3 is 1. The Kier molecular flexibility index (Phi) is 15.7. The van der Waals surface area contributed by atoms with E-state index in [1.165, 1.54) is 0 Å². The minimum Gasteiger partial charge on any atom is -0.505 e. The van der Waals surface area contributed by atoms with E-state index in [9.17, 15) is 79.0 Å². The van der Waals surface area contributed by atoms with Gasteiger partial charge in [-0.1, -0.05) is 10.1 Å². The van der Waals surface area contributed by atoms with Crippen LogP contribution in [0.1, 0.15) is 20.7 Å². The average Bonchev–Trinajstić information content (AvgIpc) is 3.29. The van der Waals surface area contributed by atoms with Crippen LogP contribution in [0.15, 0.2) is 116 Å². The number of aromatic carboxylic acids is 2. The van der Waals surface area contributed by atoms with Gasteiger partial charge in [0.15, 0.2) is 17.2 Å². The van der Waals surface area contributed by atoms with Crippen molar-refractivity contribution in [3.63, 3.8) is 0 Å². The van der Waals surface area contributed by atoms with Crippen LogP contribution >= 0.6 is 24.1 Å². The van der Waals surface area contributed by atoms with Gasteiger partial charge in [-0.3, -0.25) is 23.8 Å². The summed E-state index contributed by atoms with van der Waals surface area (Å²) in [6.45, 7) is 0. The molecule has 0 aliphatic heterocycles. The lowest BCUT2D eigenvalue weighted by Gasteiger charge is -2.15. The van der Waals surface area contributed by atoms with Crippen LogP contribution in [-0.2, 0) is 49.1 Å². The third kappa shape index (κ3) is 11.1. The van der Waals surface area contributed by atoms with Gasteiger partial charge in [-0.05, 0) is 54.6 Å². The van der Waals surface area contributed by atoms with E-state index in [0.717, 1.165) is 49.6 Å². The van der Waals surface area contributed by atoms with Gasteiger partial charge in [0.25, 0.3) is 36.0 Å². The van der Waals surface area contributed by atoms with E-state index >= 15 is 0 Å². The maximum atomic E-state index is 13.0. The summed E-state index contributed by atoms with van der Waals surface area (Å²) in [4.78, 5) is 29.4. The number of carboxylic acid groups (broad SMARTS) is 2. The van der Waals surface area contributed by atoms with Gasteiger partial charge >= 0.3 is 11.9 Å². The van der Waals surface area contributed by atoms with Crippen LogP contribution in [-0.4, -0.2) is 93.8 Å². The molecule has 0 saturated carbocycles. The summed E-state index contributed by atoms with van der Waals surface area (Å²) in [7, 11) is -15.6. The minimum absolute atomic E-state index is 0.0544. The summed E-state index contributed by atoms with van der Waals surface area (Å²) < 4.78 is 122. The molecule has 6 rings (SSSR count). The molecule has 37 heteroatoms. The first kappa shape index (κ1) is 53.7. The predicted molar refractivity (Wildman–Crippen MR) is 239 cm³/mol. The zero-order valence-corrected chi connectivity index (χ0v) is 38.8. The van der Waals surface area contributed by atoms with E-state index in [0.29, 0.717) is 18.2 Å². The zero-order chi connectivity index (χ0) is 53.2. The van der Waals surface area contributed by atoms with E-state index in [1.807, 2.05) is 0 Å². The van der Waals surface area contributed by atoms with Crippen LogP contribution < -0.4 is 10.5 Å². The minimum atomic E-state index is -5.65. The van der Waals surface area contributed by atoms with Crippen molar-refractivity contribution in [1.29, 1.82) is 0 Å². The Hall–Kier alpha value is -7.63. The maximum Gasteiger partial charge on any atom is 0.337 e. The molecule has 0 saturated heterocycles. The van der Waals surface area contributed by atoms with Gasteiger partial charge in [0.2, 0.25) is 0 Å². The molecule has 0 radical (unpaired) electrons. The second kappa shape index (κ2) is 21.0. The molecule has 0 aromatic heterocycles. The van der Waals surface area contributed by atoms with E-state index in [-0.39, 0.29) is 40.4 Å². The molecule has 0 aliphatic carbocycles. The van der Waals surface area contributed by atoms with E-state index in [1.54, 1.807) is 0 Å². The normalized spacial score (nSPS) is 12.5. The molecular formula is C35H24N8O24S5. The number of hydrogen-bond donors (Lipinski definition) is 10. The number of carbonyl (C=O) groups is 2. The molecule has 0 unspecified atom stereocenters. The zero-order valence-electron chi connectivity index (χ0n) is 34.7. The first-order chi connectivity index (χ1) is 33.7. The number of carboxylic acids is 2. The summed E-state index contributed by atoms with van der Waals surface area (Å²) in [5.74, 6) is -5.94. The van der Waals surface area contributed by atoms with Crippen LogP contribution in [0.3, 0.4) is 0 Å². The highest BCUT2D eigenvalue weighted by Gasteiger charge is 2.30. The number of nitrogens with zero attached hydrogens (tertiary/aromatic N) is 7. The second-order valence-corrected chi connectivity index (χ2v) is 19.1. The van der Waals surface area contributed by atoms with Crippen LogP contribution in [0.2, 0.25) is 0 Å². The average molecular weight is 1100 g/mol. The quantitative estimate of drug-likeness (QED) is 0.00695. The summed E-state index contributed by atoms with van der Waals surface area (Å²) in [6, 6.07) is 7.51. The summed E-state index contributed by atoms with van der Waals surface area (Å²) >= 11 is 0.188. The molecule has 0 fully saturated rings. The second-order valence-electron chi connectivity index (χ2n) is 13.5. The molecule has 378 valence electrons. The Labute approximate surface area is 406 Å². The number of nitro groups is 1. The highest BCUT2D eigenvalue weighted by molar-refractivity contribution is 7.95. The predicted octanol–water partition coefficient (Wildman–Crippen LogP) is 8.14. The first-order valence-corrected chi connectivity index (χ1v) is 23.9. The van der Waals surface area contributed by atoms with Crippen LogP contribution in [0.25, 0.3) is 21.5 Å². The fourth-order valence-corrected chi connectivity index (χ4v) is 9.46. The molecule has 0 heterocycles. The fourth-order valence-electron chi connectivity index (χ4n) is 6.33. The third-order valence-corrected chi connectivity index (χ3v) is 13.3. The Bertz CT molecular complexity index is 3730. The van der Waals surface area contributed by atoms with Gasteiger partial charge in [0.05, 0.1) is 69.3 Å². The van der Waals surface area contributed by atoms with E-state index in [2.05, 4.69) is 49.4 Å². The number of aromatic hydroxyl groups is 2. The molecular weight excluding hydrogens is 1080 g/mol. The standard InChI is InChI=1S/C35H24N8O24S5/c1-63-22-11-21(43(50)51)23(68-66-64-52)9-19(22)39-41-29-24(69-67-65-53)7-16-25(70(54,55)56)10-20(28(36)27(16)32(29)45)40-37-17-5-4-13-15(33(17)72(60,61)62)8-26(71(57,58)59)30(31(13)44)42-38-18-6-12(34(46)47)2-3-14(18)35(48)49/h2-11,44-45,52-53H,36H2,1H3,(H,46,47)(H,48,49)(H,54,55,56)(H,57,58,59)(H,60,61,62). The number of nitro benzene ring substituents is 1. The highest BCUT2D eigenvalue weighted by Crippen LogP contribution is 2.51. The number of phenolic OH excluding ortho intramolecular Hbond substituents is 2. The van der Waals surface area contributed by atoms with E-state index in [4.69, 9.17) is 21.0 Å². The van der Waals surface area contributed by atoms with Crippen LogP contribution in [0.5, 0.6) is 17.2 Å². The lowest BCUT2D eigenvalue weighted by Crippen LogP contribution is -2.03. The van der Waals surface area contributed by atoms with Crippen molar-refractivity contribution in [3.05, 3.63) is 81.9 Å². The molecule has 11 N–H and O–H groups in total. The maximum absolute atomic E-state index is 13.0. The monoisotopic (exact) mass is 1100 g/mol. The van der Waals surface area contributed by atoms with Crippen LogP contribution in [0.4, 0.5) is 45.5 Å². The van der Waals surface area contributed by atoms with Crippen molar-refractivity contribution >= 4 is 133 Å². The Morgan fingerprint density at radius 2 is 1.24 bits per heavy atom. The third-order valence-electron chi connectivity index (χ3n) is 9.32. The van der Waals surface area contributed by atoms with Crippen LogP contribution in [0, 0.1) is 10.1 Å². The molecule has 72 heavy (non-hydrogen) atoms. The van der Waals surface area contributed by atoms with Crippen molar-refractivity contribution < 1.29 is 108 Å². The Balaban J connectivity index is 1.58. The molecule has 0 atom stereocenters. The smallest absolute Gasteiger partial charge is 0.337 e. The first-order valence-electron chi connectivity index (χ1n) is 18.1. The molecule has 0 bridgehead atoms. The number of anilines is 1. The lowest BCUT2D eigenvalue weighted by molar-refractivity contribution is -0.432. The number of nitrogens with two attached hydrogens (primary N) is 1. The molecule has 6 aromatic rings. The Morgan fingerprint density at radius 1 is 0.639 bits per heavy atom. The number of ether oxygens (including phenoxy) is 1. The molecule has 0 aliphatic rings. The van der Waals surface area contributed by atoms with Gasteiger partial charge in [-0.2, -0.15) is 25.3 Å². The summed E-state index contributed by atoms with van der Waals surface area (Å²) in [6.07, 6.45) is 0. The number of fused-ring (bicyclic) bond motifs is 2. The van der Waals surface area contributed by atoms with Crippen molar-refractivity contribution in [1.82, 2.24) is 0 Å². The van der Waals surface area contributed by atoms with Gasteiger partial charge < -0.3 is 30.9 Å². The number of rotatable bonds is 19. The topological polar surface area (TPSA) is 508 Å². The molecule has 6 aromatic carbocycles. The van der Waals surface area contributed by atoms with Gasteiger partial charge in [-0.25, -0.2) is 20.1 Å². The number of hydrogen-bond acceptors (Lipinski definition) is 28. The summed E-state index contributed by atoms with van der Waals surface area (Å²) in [5, 5.41) is 97.4. The summed E-state index contributed by atoms with van der Waals surface area (Å²) in [5.41, 5.74) is -0.910. The lowest BCUT2D eigenvalue weighted by atomic mass is 10.0. The number of azo groups is 3. The molecule has 0 amide bonds. The fraction of sp³-hybridized carbons (Fsp3) is 0.0286. The van der Waals surface area contributed by atoms with Gasteiger partial charge in [-0.15, -0.1) is 39.4 Å². The van der Waals surface area contributed by atoms with E-state index < -0.39 is 151 Å². The van der Waals surface area contributed by atoms with Gasteiger partial charge in [0, 0.05) is 16.2 Å². The van der Waals surface area contributed by atoms with Crippen molar-refractivity contribution in [2.24, 2.45) is 30.7 Å². The Morgan fingerprint density at radius 3 is 1.81 bits per heavy atom. The largest absolute Gasteiger partial charge is 0.505 e. The number of nitrogen functional groups attached to an aromatic ring is 1. The number of phenols is 2. The van der Waals surface area contributed by atoms with Crippen molar-refractivity contribution in [3.8, 4) is 17.2 Å².